The summed E-state index contributed by atoms with van der Waals surface area (Å²) >= 11 is 0. The van der Waals surface area contributed by atoms with Crippen molar-refractivity contribution in [3.05, 3.63) is 0 Å². The molecule has 5 nitrogen and oxygen atoms in total. The van der Waals surface area contributed by atoms with Gasteiger partial charge in [0.15, 0.2) is 5.79 Å². The van der Waals surface area contributed by atoms with Gasteiger partial charge in [-0.15, -0.1) is 0 Å². The molecule has 2 rings (SSSR count). The van der Waals surface area contributed by atoms with Gasteiger partial charge in [0, 0.05) is 18.9 Å². The third-order valence-electron chi connectivity index (χ3n) is 3.56. The van der Waals surface area contributed by atoms with Gasteiger partial charge in [0.25, 0.3) is 0 Å². The number of rotatable bonds is 3. The molecule has 0 aromatic rings. The number of hydrogen-bond donors (Lipinski definition) is 1. The molecule has 0 radical (unpaired) electrons. The van der Waals surface area contributed by atoms with E-state index in [-0.39, 0.29) is 29.9 Å². The summed E-state index contributed by atoms with van der Waals surface area (Å²) in [4.78, 5) is 11.8. The highest BCUT2D eigenvalue weighted by Crippen LogP contribution is 2.35. The average molecular weight is 271 g/mol. The van der Waals surface area contributed by atoms with E-state index in [1.165, 1.54) is 0 Å². The molecule has 1 N–H and O–H groups in total. The lowest BCUT2D eigenvalue weighted by Gasteiger charge is -2.35. The molecule has 0 atom stereocenters. The Hall–Kier alpha value is -0.650. The third kappa shape index (κ3) is 4.44. The van der Waals surface area contributed by atoms with Crippen molar-refractivity contribution in [2.45, 2.75) is 63.9 Å². The van der Waals surface area contributed by atoms with Crippen molar-refractivity contribution in [3.8, 4) is 0 Å². The Morgan fingerprint density at radius 1 is 1.26 bits per heavy atom. The van der Waals surface area contributed by atoms with E-state index in [2.05, 4.69) is 5.32 Å². The van der Waals surface area contributed by atoms with Crippen LogP contribution in [-0.4, -0.2) is 43.2 Å². The summed E-state index contributed by atoms with van der Waals surface area (Å²) in [6.07, 6.45) is 3.53. The van der Waals surface area contributed by atoms with Crippen LogP contribution >= 0.6 is 0 Å². The predicted octanol–water partition coefficient (Wildman–Crippen LogP) is 1.60. The fourth-order valence-corrected chi connectivity index (χ4v) is 2.54. The van der Waals surface area contributed by atoms with Crippen molar-refractivity contribution in [1.29, 1.82) is 0 Å². The van der Waals surface area contributed by atoms with Gasteiger partial charge in [-0.3, -0.25) is 4.79 Å². The van der Waals surface area contributed by atoms with Crippen molar-refractivity contribution in [2.75, 3.05) is 19.8 Å². The van der Waals surface area contributed by atoms with Gasteiger partial charge in [-0.05, 0) is 33.6 Å². The van der Waals surface area contributed by atoms with E-state index in [1.807, 2.05) is 20.8 Å². The van der Waals surface area contributed by atoms with Crippen LogP contribution in [0.15, 0.2) is 0 Å². The van der Waals surface area contributed by atoms with Crippen molar-refractivity contribution >= 4 is 5.91 Å². The zero-order valence-electron chi connectivity index (χ0n) is 12.2. The Bertz CT molecular complexity index is 308. The molecule has 0 aromatic heterocycles. The van der Waals surface area contributed by atoms with Crippen LogP contribution in [0.25, 0.3) is 0 Å². The quantitative estimate of drug-likeness (QED) is 0.847. The molecule has 2 fully saturated rings. The van der Waals surface area contributed by atoms with E-state index in [0.29, 0.717) is 13.2 Å². The minimum atomic E-state index is -0.358. The summed E-state index contributed by atoms with van der Waals surface area (Å²) in [5.74, 6) is -0.396. The van der Waals surface area contributed by atoms with Gasteiger partial charge in [-0.25, -0.2) is 0 Å². The van der Waals surface area contributed by atoms with E-state index in [9.17, 15) is 4.79 Å². The first-order valence-electron chi connectivity index (χ1n) is 7.10. The number of nitrogens with one attached hydrogen (secondary N) is 1. The monoisotopic (exact) mass is 271 g/mol. The van der Waals surface area contributed by atoms with E-state index in [4.69, 9.17) is 14.2 Å². The first-order valence-corrected chi connectivity index (χ1v) is 7.10. The normalized spacial score (nSPS) is 23.7. The summed E-state index contributed by atoms with van der Waals surface area (Å²) < 4.78 is 16.8. The van der Waals surface area contributed by atoms with Crippen LogP contribution < -0.4 is 5.32 Å². The van der Waals surface area contributed by atoms with Crippen LogP contribution in [0, 0.1) is 0 Å². The van der Waals surface area contributed by atoms with Gasteiger partial charge >= 0.3 is 0 Å². The van der Waals surface area contributed by atoms with Crippen LogP contribution in [0.5, 0.6) is 0 Å². The highest BCUT2D eigenvalue weighted by Gasteiger charge is 2.40. The number of amides is 1. The fourth-order valence-electron chi connectivity index (χ4n) is 2.54. The minimum Gasteiger partial charge on any atom is -0.366 e. The van der Waals surface area contributed by atoms with Crippen LogP contribution in [0.4, 0.5) is 0 Å². The van der Waals surface area contributed by atoms with Crippen LogP contribution in [0.2, 0.25) is 0 Å². The van der Waals surface area contributed by atoms with Crippen LogP contribution in [-0.2, 0) is 19.0 Å². The number of carbonyl (C=O) groups is 1. The second kappa shape index (κ2) is 5.77. The summed E-state index contributed by atoms with van der Waals surface area (Å²) in [7, 11) is 0. The maximum atomic E-state index is 11.8. The summed E-state index contributed by atoms with van der Waals surface area (Å²) in [5, 5.41) is 3.02. The molecule has 5 heteroatoms. The molecule has 110 valence electrons. The Morgan fingerprint density at radius 2 is 1.84 bits per heavy atom. The van der Waals surface area contributed by atoms with Crippen molar-refractivity contribution in [2.24, 2.45) is 0 Å². The molecular weight excluding hydrogens is 246 g/mol. The average Bonchev–Trinajstić information content (AvgIpc) is 2.78. The summed E-state index contributed by atoms with van der Waals surface area (Å²) in [6, 6.07) is 0.217. The van der Waals surface area contributed by atoms with Gasteiger partial charge in [0.1, 0.15) is 6.61 Å². The van der Waals surface area contributed by atoms with E-state index < -0.39 is 0 Å². The smallest absolute Gasteiger partial charge is 0.246 e. The molecule has 1 spiro atoms. The zero-order valence-corrected chi connectivity index (χ0v) is 12.2. The molecule has 0 unspecified atom stereocenters. The third-order valence-corrected chi connectivity index (χ3v) is 3.56. The van der Waals surface area contributed by atoms with Gasteiger partial charge in [-0.1, -0.05) is 0 Å². The van der Waals surface area contributed by atoms with Crippen molar-refractivity contribution in [3.63, 3.8) is 0 Å². The number of carbonyl (C=O) groups excluding carboxylic acids is 1. The molecule has 2 aliphatic rings. The Morgan fingerprint density at radius 3 is 2.37 bits per heavy atom. The largest absolute Gasteiger partial charge is 0.366 e. The SMILES string of the molecule is CC(C)(C)OCC(=O)NC1CCC2(CC1)OCCO2. The highest BCUT2D eigenvalue weighted by atomic mass is 16.7. The topological polar surface area (TPSA) is 56.8 Å². The summed E-state index contributed by atoms with van der Waals surface area (Å²) in [5.41, 5.74) is -0.278. The lowest BCUT2D eigenvalue weighted by atomic mass is 9.90. The fraction of sp³-hybridized carbons (Fsp3) is 0.929. The molecule has 19 heavy (non-hydrogen) atoms. The lowest BCUT2D eigenvalue weighted by molar-refractivity contribution is -0.180. The van der Waals surface area contributed by atoms with Gasteiger partial charge < -0.3 is 19.5 Å². The predicted molar refractivity (Wildman–Crippen MR) is 70.7 cm³/mol. The van der Waals surface area contributed by atoms with Crippen molar-refractivity contribution < 1.29 is 19.0 Å². The van der Waals surface area contributed by atoms with E-state index in [0.717, 1.165) is 25.7 Å². The van der Waals surface area contributed by atoms with Gasteiger partial charge in [-0.2, -0.15) is 0 Å². The van der Waals surface area contributed by atoms with Crippen LogP contribution in [0.3, 0.4) is 0 Å². The highest BCUT2D eigenvalue weighted by molar-refractivity contribution is 5.77. The summed E-state index contributed by atoms with van der Waals surface area (Å²) in [6.45, 7) is 7.34. The Balaban J connectivity index is 1.69. The molecule has 0 aromatic carbocycles. The molecule has 1 amide bonds. The first-order chi connectivity index (χ1) is 8.89. The lowest BCUT2D eigenvalue weighted by Crippen LogP contribution is -2.45. The second-order valence-corrected chi connectivity index (χ2v) is 6.35. The van der Waals surface area contributed by atoms with Crippen molar-refractivity contribution in [1.82, 2.24) is 5.32 Å². The molecule has 1 aliphatic heterocycles. The molecule has 1 saturated carbocycles. The molecule has 1 saturated heterocycles. The standard InChI is InChI=1S/C14H25NO4/c1-13(2,3)19-10-12(16)15-11-4-6-14(7-5-11)17-8-9-18-14/h11H,4-10H2,1-3H3,(H,15,16). The van der Waals surface area contributed by atoms with Gasteiger partial charge in [0.05, 0.1) is 18.8 Å². The maximum absolute atomic E-state index is 11.8. The first kappa shape index (κ1) is 14.8. The molecular formula is C14H25NO4. The minimum absolute atomic E-state index is 0.0378. The van der Waals surface area contributed by atoms with Gasteiger partial charge in [0.2, 0.25) is 5.91 Å². The van der Waals surface area contributed by atoms with E-state index >= 15 is 0 Å². The molecule has 1 heterocycles. The second-order valence-electron chi connectivity index (χ2n) is 6.35. The molecule has 1 aliphatic carbocycles. The molecule has 0 bridgehead atoms. The maximum Gasteiger partial charge on any atom is 0.246 e. The Kier molecular flexibility index (Phi) is 4.48. The number of hydrogen-bond acceptors (Lipinski definition) is 4. The Labute approximate surface area is 115 Å². The van der Waals surface area contributed by atoms with E-state index in [1.54, 1.807) is 0 Å². The van der Waals surface area contributed by atoms with Crippen LogP contribution in [0.1, 0.15) is 46.5 Å². The number of ether oxygens (including phenoxy) is 3. The zero-order chi connectivity index (χ0) is 13.9.